The maximum atomic E-state index is 5.61. The van der Waals surface area contributed by atoms with E-state index in [2.05, 4.69) is 6.92 Å². The van der Waals surface area contributed by atoms with E-state index in [1.54, 1.807) is 7.11 Å². The lowest BCUT2D eigenvalue weighted by atomic mass is 10.0. The molecule has 3 heteroatoms. The Morgan fingerprint density at radius 3 is 1.38 bits per heavy atom. The first-order valence-corrected chi connectivity index (χ1v) is 12.6. The molecule has 0 saturated carbocycles. The molecule has 0 amide bonds. The third kappa shape index (κ3) is 22.1. The van der Waals surface area contributed by atoms with Crippen LogP contribution in [0.1, 0.15) is 110 Å². The molecule has 0 unspecified atom stereocenters. The van der Waals surface area contributed by atoms with Crippen LogP contribution in [0.3, 0.4) is 0 Å². The highest BCUT2D eigenvalue weighted by molar-refractivity contribution is 6.26. The summed E-state index contributed by atoms with van der Waals surface area (Å²) < 4.78 is 10.6. The topological polar surface area (TPSA) is 18.5 Å². The van der Waals surface area contributed by atoms with Crippen LogP contribution in [0.5, 0.6) is 0 Å². The van der Waals surface area contributed by atoms with Crippen molar-refractivity contribution in [1.29, 1.82) is 0 Å². The first kappa shape index (κ1) is 24.1. The second-order valence-corrected chi connectivity index (χ2v) is 8.79. The van der Waals surface area contributed by atoms with Crippen LogP contribution in [-0.4, -0.2) is 30.1 Å². The number of unbranched alkanes of at least 4 members (excludes halogenated alkanes) is 15. The summed E-state index contributed by atoms with van der Waals surface area (Å²) in [7, 11) is 1.48. The van der Waals surface area contributed by atoms with Gasteiger partial charge in [0.2, 0.25) is 0 Å². The van der Waals surface area contributed by atoms with Crippen molar-refractivity contribution in [2.24, 2.45) is 0 Å². The fourth-order valence-electron chi connectivity index (χ4n) is 3.17. The summed E-state index contributed by atoms with van der Waals surface area (Å²) in [5.41, 5.74) is 0. The van der Waals surface area contributed by atoms with Gasteiger partial charge in [-0.25, -0.2) is 0 Å². The predicted octanol–water partition coefficient (Wildman–Crippen LogP) is 6.41. The van der Waals surface area contributed by atoms with Gasteiger partial charge in [-0.1, -0.05) is 110 Å². The summed E-state index contributed by atoms with van der Waals surface area (Å²) in [6, 6.07) is 1.35. The van der Waals surface area contributed by atoms with E-state index in [1.165, 1.54) is 109 Å². The first-order chi connectivity index (χ1) is 11.9. The van der Waals surface area contributed by atoms with Crippen LogP contribution in [0.15, 0.2) is 0 Å². The monoisotopic (exact) mass is 358 g/mol. The summed E-state index contributed by atoms with van der Waals surface area (Å²) in [6.07, 6.45) is 23.2. The van der Waals surface area contributed by atoms with Crippen LogP contribution in [0, 0.1) is 0 Å². The zero-order valence-corrected chi connectivity index (χ0v) is 18.4. The van der Waals surface area contributed by atoms with Gasteiger partial charge in [0.1, 0.15) is 0 Å². The van der Waals surface area contributed by atoms with Crippen molar-refractivity contribution < 1.29 is 9.16 Å². The molecular formula is C21H46O2Si. The lowest BCUT2D eigenvalue weighted by molar-refractivity contribution is 0.149. The lowest BCUT2D eigenvalue weighted by Crippen LogP contribution is -2.05. The molecule has 0 aromatic rings. The van der Waals surface area contributed by atoms with E-state index in [0.717, 1.165) is 13.2 Å². The summed E-state index contributed by atoms with van der Waals surface area (Å²) >= 11 is 0. The predicted molar refractivity (Wildman–Crippen MR) is 111 cm³/mol. The van der Waals surface area contributed by atoms with Crippen LogP contribution in [0.2, 0.25) is 6.04 Å². The average Bonchev–Trinajstić information content (AvgIpc) is 2.60. The van der Waals surface area contributed by atoms with Gasteiger partial charge in [0, 0.05) is 7.11 Å². The van der Waals surface area contributed by atoms with Crippen LogP contribution in [0.4, 0.5) is 0 Å². The third-order valence-electron chi connectivity index (χ3n) is 4.82. The van der Waals surface area contributed by atoms with Crippen molar-refractivity contribution in [1.82, 2.24) is 0 Å². The summed E-state index contributed by atoms with van der Waals surface area (Å²) in [4.78, 5) is 0. The summed E-state index contributed by atoms with van der Waals surface area (Å²) in [5.74, 6) is 0. The van der Waals surface area contributed by atoms with Gasteiger partial charge < -0.3 is 9.16 Å². The Labute approximate surface area is 155 Å². The number of ether oxygens (including phenoxy) is 1. The van der Waals surface area contributed by atoms with E-state index >= 15 is 0 Å². The molecule has 0 fully saturated rings. The maximum Gasteiger partial charge on any atom is 0.161 e. The quantitative estimate of drug-likeness (QED) is 0.174. The molecule has 0 aromatic carbocycles. The Morgan fingerprint density at radius 2 is 0.958 bits per heavy atom. The van der Waals surface area contributed by atoms with Gasteiger partial charge >= 0.3 is 0 Å². The average molecular weight is 359 g/mol. The lowest BCUT2D eigenvalue weighted by Gasteiger charge is -2.04. The second-order valence-electron chi connectivity index (χ2n) is 7.26. The van der Waals surface area contributed by atoms with Crippen molar-refractivity contribution in [3.05, 3.63) is 0 Å². The zero-order chi connectivity index (χ0) is 17.6. The van der Waals surface area contributed by atoms with Crippen molar-refractivity contribution in [3.63, 3.8) is 0 Å². The highest BCUT2D eigenvalue weighted by atomic mass is 28.2. The van der Waals surface area contributed by atoms with Gasteiger partial charge in [-0.3, -0.25) is 0 Å². The van der Waals surface area contributed by atoms with Gasteiger partial charge in [-0.15, -0.1) is 0 Å². The molecule has 0 aliphatic rings. The molecule has 0 radical (unpaired) electrons. The first-order valence-electron chi connectivity index (χ1n) is 11.0. The largest absolute Gasteiger partial charge is 0.422 e. The fraction of sp³-hybridized carbons (Fsp3) is 1.00. The van der Waals surface area contributed by atoms with Gasteiger partial charge in [0.05, 0.1) is 13.2 Å². The molecular weight excluding hydrogens is 312 g/mol. The third-order valence-corrected chi connectivity index (χ3v) is 6.19. The second kappa shape index (κ2) is 23.1. The van der Waals surface area contributed by atoms with E-state index in [0.29, 0.717) is 0 Å². The molecule has 0 aromatic heterocycles. The van der Waals surface area contributed by atoms with E-state index in [4.69, 9.17) is 9.16 Å². The minimum absolute atomic E-state index is 0.254. The van der Waals surface area contributed by atoms with Crippen LogP contribution >= 0.6 is 0 Å². The molecule has 0 spiro atoms. The molecule has 146 valence electrons. The van der Waals surface area contributed by atoms with E-state index < -0.39 is 0 Å². The molecule has 0 aliphatic carbocycles. The molecule has 0 saturated heterocycles. The van der Waals surface area contributed by atoms with Crippen LogP contribution in [0.25, 0.3) is 0 Å². The summed E-state index contributed by atoms with van der Waals surface area (Å²) in [5, 5.41) is 0. The van der Waals surface area contributed by atoms with Crippen LogP contribution in [-0.2, 0) is 9.16 Å². The normalized spacial score (nSPS) is 11.8. The van der Waals surface area contributed by atoms with Crippen molar-refractivity contribution in [3.8, 4) is 0 Å². The van der Waals surface area contributed by atoms with Crippen molar-refractivity contribution in [2.45, 2.75) is 116 Å². The standard InChI is InChI=1S/C21H46O2Si/c1-3-4-5-6-7-8-9-10-11-12-13-14-15-16-17-18-21-24-23-20-19-22-2/h3-21,24H2,1-2H3. The highest BCUT2D eigenvalue weighted by Gasteiger charge is 1.95. The number of hydrogen-bond acceptors (Lipinski definition) is 2. The molecule has 24 heavy (non-hydrogen) atoms. The molecule has 0 atom stereocenters. The Morgan fingerprint density at radius 1 is 0.542 bits per heavy atom. The number of methoxy groups -OCH3 is 1. The maximum absolute atomic E-state index is 5.61. The fourth-order valence-corrected chi connectivity index (χ4v) is 4.26. The zero-order valence-electron chi connectivity index (χ0n) is 17.0. The number of rotatable bonds is 21. The van der Waals surface area contributed by atoms with Gasteiger partial charge in [0.25, 0.3) is 0 Å². The molecule has 0 heterocycles. The molecule has 0 aliphatic heterocycles. The molecule has 0 bridgehead atoms. The van der Waals surface area contributed by atoms with E-state index in [9.17, 15) is 0 Å². The molecule has 0 N–H and O–H groups in total. The Bertz CT molecular complexity index is 190. The Hall–Kier alpha value is 0.137. The number of hydrogen-bond donors (Lipinski definition) is 0. The van der Waals surface area contributed by atoms with Crippen molar-refractivity contribution in [2.75, 3.05) is 20.3 Å². The van der Waals surface area contributed by atoms with Gasteiger partial charge in [-0.2, -0.15) is 0 Å². The van der Waals surface area contributed by atoms with Crippen molar-refractivity contribution >= 4 is 9.76 Å². The van der Waals surface area contributed by atoms with Crippen LogP contribution < -0.4 is 0 Å². The van der Waals surface area contributed by atoms with E-state index in [-0.39, 0.29) is 9.76 Å². The van der Waals surface area contributed by atoms with Gasteiger partial charge in [-0.05, 0) is 6.04 Å². The SMILES string of the molecule is CCCCCCCCCCCCCCCCCC[SiH2]OCCOC. The molecule has 2 nitrogen and oxygen atoms in total. The highest BCUT2D eigenvalue weighted by Crippen LogP contribution is 2.13. The smallest absolute Gasteiger partial charge is 0.161 e. The minimum Gasteiger partial charge on any atom is -0.422 e. The van der Waals surface area contributed by atoms with E-state index in [1.807, 2.05) is 0 Å². The minimum atomic E-state index is -0.254. The van der Waals surface area contributed by atoms with Gasteiger partial charge in [0.15, 0.2) is 9.76 Å². The molecule has 0 rings (SSSR count). The Balaban J connectivity index is 2.93. The summed E-state index contributed by atoms with van der Waals surface area (Å²) in [6.45, 7) is 3.86. The Kier molecular flexibility index (Phi) is 23.3.